The summed E-state index contributed by atoms with van der Waals surface area (Å²) in [4.78, 5) is 28.2. The molecule has 0 unspecified atom stereocenters. The maximum absolute atomic E-state index is 13.3. The first-order chi connectivity index (χ1) is 15.5. The summed E-state index contributed by atoms with van der Waals surface area (Å²) >= 11 is 0. The summed E-state index contributed by atoms with van der Waals surface area (Å²) in [5.41, 5.74) is 3.54. The van der Waals surface area contributed by atoms with E-state index in [2.05, 4.69) is 20.9 Å². The number of carbonyl (C=O) groups is 2. The molecule has 4 rings (SSSR count). The number of halogens is 2. The molecular formula is C24H20F2N4O2. The van der Waals surface area contributed by atoms with Crippen molar-refractivity contribution in [2.24, 2.45) is 0 Å². The smallest absolute Gasteiger partial charge is 0.255 e. The van der Waals surface area contributed by atoms with Gasteiger partial charge in [-0.05, 0) is 47.0 Å². The van der Waals surface area contributed by atoms with Crippen molar-refractivity contribution in [1.82, 2.24) is 10.3 Å². The fourth-order valence-electron chi connectivity index (χ4n) is 3.34. The fraction of sp³-hybridized carbons (Fsp3) is 0.125. The van der Waals surface area contributed by atoms with Gasteiger partial charge in [-0.15, -0.1) is 0 Å². The van der Waals surface area contributed by atoms with E-state index < -0.39 is 11.6 Å². The molecule has 1 aromatic heterocycles. The van der Waals surface area contributed by atoms with Crippen molar-refractivity contribution in [2.45, 2.75) is 13.0 Å². The summed E-state index contributed by atoms with van der Waals surface area (Å²) in [5.74, 6) is -1.88. The predicted molar refractivity (Wildman–Crippen MR) is 118 cm³/mol. The molecule has 32 heavy (non-hydrogen) atoms. The highest BCUT2D eigenvalue weighted by Crippen LogP contribution is 2.24. The van der Waals surface area contributed by atoms with Crippen LogP contribution in [0, 0.1) is 11.6 Å². The summed E-state index contributed by atoms with van der Waals surface area (Å²) in [6.07, 6.45) is 5.77. The highest BCUT2D eigenvalue weighted by atomic mass is 19.2. The van der Waals surface area contributed by atoms with E-state index in [1.54, 1.807) is 18.3 Å². The number of aromatic nitrogens is 1. The molecule has 162 valence electrons. The molecule has 0 aliphatic carbocycles. The van der Waals surface area contributed by atoms with Crippen LogP contribution >= 0.6 is 0 Å². The molecule has 0 fully saturated rings. The SMILES string of the molecule is O=C1Cc2ccc(C=CCNc3ncccc3C(=O)NCc3ccc(F)c(F)c3)cc2N1. The first kappa shape index (κ1) is 21.2. The fourth-order valence-corrected chi connectivity index (χ4v) is 3.34. The molecule has 3 aromatic rings. The Balaban J connectivity index is 1.35. The number of anilines is 2. The number of hydrogen-bond acceptors (Lipinski definition) is 4. The largest absolute Gasteiger partial charge is 0.366 e. The molecule has 1 aliphatic rings. The van der Waals surface area contributed by atoms with Crippen LogP contribution in [-0.4, -0.2) is 23.3 Å². The Kier molecular flexibility index (Phi) is 6.21. The van der Waals surface area contributed by atoms with Gasteiger partial charge in [0, 0.05) is 25.0 Å². The number of pyridine rings is 1. The molecule has 8 heteroatoms. The van der Waals surface area contributed by atoms with Crippen molar-refractivity contribution >= 4 is 29.4 Å². The van der Waals surface area contributed by atoms with Crippen molar-refractivity contribution in [2.75, 3.05) is 17.2 Å². The number of amides is 2. The van der Waals surface area contributed by atoms with Crippen LogP contribution in [0.5, 0.6) is 0 Å². The molecule has 0 spiro atoms. The lowest BCUT2D eigenvalue weighted by Gasteiger charge is -2.10. The lowest BCUT2D eigenvalue weighted by atomic mass is 10.1. The Morgan fingerprint density at radius 2 is 2.00 bits per heavy atom. The minimum atomic E-state index is -0.960. The van der Waals surface area contributed by atoms with Gasteiger partial charge >= 0.3 is 0 Å². The van der Waals surface area contributed by atoms with Gasteiger partial charge in [-0.1, -0.05) is 30.4 Å². The predicted octanol–water partition coefficient (Wildman–Crippen LogP) is 3.91. The van der Waals surface area contributed by atoms with E-state index in [-0.39, 0.29) is 18.4 Å². The van der Waals surface area contributed by atoms with Crippen molar-refractivity contribution in [3.63, 3.8) is 0 Å². The van der Waals surface area contributed by atoms with Crippen molar-refractivity contribution in [3.05, 3.63) is 94.7 Å². The zero-order chi connectivity index (χ0) is 22.5. The molecular weight excluding hydrogens is 414 g/mol. The number of hydrogen-bond donors (Lipinski definition) is 3. The van der Waals surface area contributed by atoms with Crippen LogP contribution in [0.4, 0.5) is 20.3 Å². The number of carbonyl (C=O) groups excluding carboxylic acids is 2. The summed E-state index contributed by atoms with van der Waals surface area (Å²) in [6.45, 7) is 0.475. The van der Waals surface area contributed by atoms with E-state index >= 15 is 0 Å². The lowest BCUT2D eigenvalue weighted by Crippen LogP contribution is -2.24. The van der Waals surface area contributed by atoms with Crippen molar-refractivity contribution in [3.8, 4) is 0 Å². The number of nitrogens with zero attached hydrogens (tertiary/aromatic N) is 1. The Bertz CT molecular complexity index is 1210. The van der Waals surface area contributed by atoms with Crippen LogP contribution in [0.25, 0.3) is 6.08 Å². The maximum Gasteiger partial charge on any atom is 0.255 e. The zero-order valence-electron chi connectivity index (χ0n) is 17.0. The zero-order valence-corrected chi connectivity index (χ0v) is 17.0. The number of fused-ring (bicyclic) bond motifs is 1. The van der Waals surface area contributed by atoms with Crippen LogP contribution in [0.3, 0.4) is 0 Å². The molecule has 2 amide bonds. The lowest BCUT2D eigenvalue weighted by molar-refractivity contribution is -0.115. The molecule has 1 aliphatic heterocycles. The highest BCUT2D eigenvalue weighted by Gasteiger charge is 2.17. The molecule has 3 N–H and O–H groups in total. The molecule has 2 heterocycles. The quantitative estimate of drug-likeness (QED) is 0.527. The number of nitrogens with one attached hydrogen (secondary N) is 3. The van der Waals surface area contributed by atoms with Crippen LogP contribution in [-0.2, 0) is 17.8 Å². The number of rotatable bonds is 7. The summed E-state index contributed by atoms with van der Waals surface area (Å²) in [7, 11) is 0. The second kappa shape index (κ2) is 9.38. The Labute approximate surface area is 183 Å². The third-order valence-corrected chi connectivity index (χ3v) is 4.95. The summed E-state index contributed by atoms with van der Waals surface area (Å²) in [5, 5.41) is 8.61. The Morgan fingerprint density at radius 3 is 2.84 bits per heavy atom. The van der Waals surface area contributed by atoms with Crippen LogP contribution < -0.4 is 16.0 Å². The van der Waals surface area contributed by atoms with Gasteiger partial charge < -0.3 is 16.0 Å². The number of benzene rings is 2. The van der Waals surface area contributed by atoms with E-state index in [1.165, 1.54) is 6.07 Å². The highest BCUT2D eigenvalue weighted by molar-refractivity contribution is 5.99. The molecule has 2 aromatic carbocycles. The minimum absolute atomic E-state index is 0.00619. The minimum Gasteiger partial charge on any atom is -0.366 e. The van der Waals surface area contributed by atoms with Gasteiger partial charge in [0.1, 0.15) is 5.82 Å². The summed E-state index contributed by atoms with van der Waals surface area (Å²) < 4.78 is 26.4. The van der Waals surface area contributed by atoms with E-state index in [4.69, 9.17) is 0 Å². The average molecular weight is 434 g/mol. The van der Waals surface area contributed by atoms with Gasteiger partial charge in [0.25, 0.3) is 5.91 Å². The molecule has 0 saturated carbocycles. The van der Waals surface area contributed by atoms with E-state index in [9.17, 15) is 18.4 Å². The van der Waals surface area contributed by atoms with Gasteiger partial charge in [-0.25, -0.2) is 13.8 Å². The first-order valence-electron chi connectivity index (χ1n) is 10.00. The molecule has 6 nitrogen and oxygen atoms in total. The molecule has 0 atom stereocenters. The van der Waals surface area contributed by atoms with Gasteiger partial charge in [-0.2, -0.15) is 0 Å². The van der Waals surface area contributed by atoms with Crippen molar-refractivity contribution < 1.29 is 18.4 Å². The molecule has 0 bridgehead atoms. The van der Waals surface area contributed by atoms with Crippen LogP contribution in [0.2, 0.25) is 0 Å². The second-order valence-electron chi connectivity index (χ2n) is 7.26. The third kappa shape index (κ3) is 4.97. The Morgan fingerprint density at radius 1 is 1.12 bits per heavy atom. The van der Waals surface area contributed by atoms with Crippen LogP contribution in [0.1, 0.15) is 27.0 Å². The van der Waals surface area contributed by atoms with Gasteiger partial charge in [0.2, 0.25) is 5.91 Å². The van der Waals surface area contributed by atoms with E-state index in [0.717, 1.165) is 28.9 Å². The van der Waals surface area contributed by atoms with Gasteiger partial charge in [0.15, 0.2) is 11.6 Å². The van der Waals surface area contributed by atoms with Crippen LogP contribution in [0.15, 0.2) is 60.8 Å². The summed E-state index contributed by atoms with van der Waals surface area (Å²) in [6, 6.07) is 12.5. The normalized spacial score (nSPS) is 12.5. The van der Waals surface area contributed by atoms with E-state index in [1.807, 2.05) is 30.4 Å². The molecule has 0 radical (unpaired) electrons. The topological polar surface area (TPSA) is 83.1 Å². The Hall–Kier alpha value is -4.07. The maximum atomic E-state index is 13.3. The second-order valence-corrected chi connectivity index (χ2v) is 7.26. The van der Waals surface area contributed by atoms with Gasteiger partial charge in [-0.3, -0.25) is 9.59 Å². The monoisotopic (exact) mass is 434 g/mol. The average Bonchev–Trinajstić information content (AvgIpc) is 3.17. The standard InChI is InChI=1S/C24H20F2N4O2/c25-19-8-6-16(11-20(19)26)14-29-24(32)18-4-2-10-28-23(18)27-9-1-3-15-5-7-17-13-22(31)30-21(17)12-15/h1-8,10-12H,9,13-14H2,(H,27,28)(H,29,32)(H,30,31). The van der Waals surface area contributed by atoms with Crippen molar-refractivity contribution in [1.29, 1.82) is 0 Å². The molecule has 0 saturated heterocycles. The third-order valence-electron chi connectivity index (χ3n) is 4.95. The first-order valence-corrected chi connectivity index (χ1v) is 10.00. The van der Waals surface area contributed by atoms with E-state index in [0.29, 0.717) is 29.9 Å². The van der Waals surface area contributed by atoms with Gasteiger partial charge in [0.05, 0.1) is 12.0 Å².